The Morgan fingerprint density at radius 3 is 2.79 bits per heavy atom. The molecule has 124 valence electrons. The lowest BCUT2D eigenvalue weighted by Crippen LogP contribution is -2.29. The van der Waals surface area contributed by atoms with Gasteiger partial charge in [-0.15, -0.1) is 0 Å². The van der Waals surface area contributed by atoms with Crippen LogP contribution in [0.2, 0.25) is 10.0 Å². The number of aryl methyl sites for hydroxylation is 1. The van der Waals surface area contributed by atoms with Crippen molar-refractivity contribution in [1.82, 2.24) is 14.9 Å². The first-order valence-electron chi connectivity index (χ1n) is 7.29. The highest BCUT2D eigenvalue weighted by Gasteiger charge is 2.10. The van der Waals surface area contributed by atoms with Gasteiger partial charge in [-0.25, -0.2) is 4.98 Å². The lowest BCUT2D eigenvalue weighted by molar-refractivity contribution is -0.123. The van der Waals surface area contributed by atoms with Crippen LogP contribution in [0, 0.1) is 0 Å². The first-order chi connectivity index (χ1) is 11.5. The van der Waals surface area contributed by atoms with E-state index in [0.717, 1.165) is 16.9 Å². The van der Waals surface area contributed by atoms with Crippen LogP contribution in [0.1, 0.15) is 5.82 Å². The summed E-state index contributed by atoms with van der Waals surface area (Å²) in [6, 6.07) is 12.7. The Balaban J connectivity index is 1.58. The van der Waals surface area contributed by atoms with Gasteiger partial charge in [-0.05, 0) is 30.3 Å². The molecule has 1 aromatic heterocycles. The van der Waals surface area contributed by atoms with Gasteiger partial charge in [0, 0.05) is 12.1 Å². The van der Waals surface area contributed by atoms with Gasteiger partial charge in [0.2, 0.25) is 0 Å². The van der Waals surface area contributed by atoms with Crippen molar-refractivity contribution >= 4 is 40.1 Å². The number of hydrogen-bond acceptors (Lipinski definition) is 3. The van der Waals surface area contributed by atoms with Crippen LogP contribution in [0.4, 0.5) is 0 Å². The minimum atomic E-state index is -0.256. The van der Waals surface area contributed by atoms with E-state index in [9.17, 15) is 4.79 Å². The summed E-state index contributed by atoms with van der Waals surface area (Å²) in [7, 11) is 1.92. The monoisotopic (exact) mass is 363 g/mol. The number of carbonyl (C=O) groups excluding carboxylic acids is 1. The molecular formula is C17H15Cl2N3O2. The number of ether oxygens (including phenoxy) is 1. The first-order valence-corrected chi connectivity index (χ1v) is 8.05. The van der Waals surface area contributed by atoms with Crippen molar-refractivity contribution in [2.24, 2.45) is 7.05 Å². The highest BCUT2D eigenvalue weighted by Crippen LogP contribution is 2.27. The van der Waals surface area contributed by atoms with Crippen LogP contribution in [-0.2, 0) is 18.4 Å². The second-order valence-electron chi connectivity index (χ2n) is 5.22. The Morgan fingerprint density at radius 1 is 1.25 bits per heavy atom. The maximum atomic E-state index is 12.0. The molecule has 0 aliphatic rings. The summed E-state index contributed by atoms with van der Waals surface area (Å²) in [6.07, 6.45) is 0. The minimum absolute atomic E-state index is 0.134. The van der Waals surface area contributed by atoms with Gasteiger partial charge in [0.25, 0.3) is 5.91 Å². The Labute approximate surface area is 149 Å². The van der Waals surface area contributed by atoms with E-state index < -0.39 is 0 Å². The number of benzene rings is 2. The van der Waals surface area contributed by atoms with Crippen LogP contribution >= 0.6 is 23.2 Å². The summed E-state index contributed by atoms with van der Waals surface area (Å²) in [5, 5.41) is 3.66. The molecule has 0 atom stereocenters. The molecule has 0 unspecified atom stereocenters. The number of para-hydroxylation sites is 2. The number of nitrogens with one attached hydrogen (secondary N) is 1. The largest absolute Gasteiger partial charge is 0.482 e. The van der Waals surface area contributed by atoms with Gasteiger partial charge in [0.1, 0.15) is 11.6 Å². The number of amides is 1. The Morgan fingerprint density at radius 2 is 2.04 bits per heavy atom. The molecule has 5 nitrogen and oxygen atoms in total. The van der Waals surface area contributed by atoms with E-state index >= 15 is 0 Å². The molecule has 0 fully saturated rings. The molecule has 3 rings (SSSR count). The normalized spacial score (nSPS) is 10.8. The maximum absolute atomic E-state index is 12.0. The molecule has 0 saturated carbocycles. The molecule has 0 aliphatic heterocycles. The van der Waals surface area contributed by atoms with Gasteiger partial charge >= 0.3 is 0 Å². The van der Waals surface area contributed by atoms with Crippen molar-refractivity contribution in [3.05, 3.63) is 58.3 Å². The van der Waals surface area contributed by atoms with Crippen LogP contribution in [0.25, 0.3) is 11.0 Å². The third-order valence-corrected chi connectivity index (χ3v) is 4.11. The summed E-state index contributed by atoms with van der Waals surface area (Å²) in [4.78, 5) is 16.5. The Kier molecular flexibility index (Phi) is 4.92. The highest BCUT2D eigenvalue weighted by atomic mass is 35.5. The summed E-state index contributed by atoms with van der Waals surface area (Å²) in [6.45, 7) is 0.188. The fourth-order valence-corrected chi connectivity index (χ4v) is 2.78. The lowest BCUT2D eigenvalue weighted by atomic mass is 10.3. The third kappa shape index (κ3) is 3.63. The molecule has 7 heteroatoms. The van der Waals surface area contributed by atoms with Gasteiger partial charge in [0.15, 0.2) is 6.61 Å². The number of aromatic nitrogens is 2. The van der Waals surface area contributed by atoms with Crippen molar-refractivity contribution in [1.29, 1.82) is 0 Å². The molecule has 0 aliphatic carbocycles. The van der Waals surface area contributed by atoms with Gasteiger partial charge < -0.3 is 14.6 Å². The maximum Gasteiger partial charge on any atom is 0.258 e. The standard InChI is InChI=1S/C17H15Cl2N3O2/c1-22-14-5-3-2-4-13(14)21-16(22)9-20-17(23)10-24-15-7-6-11(18)8-12(15)19/h2-8H,9-10H2,1H3,(H,20,23). The fraction of sp³-hybridized carbons (Fsp3) is 0.176. The quantitative estimate of drug-likeness (QED) is 0.753. The number of halogens is 2. The molecule has 0 bridgehead atoms. The van der Waals surface area contributed by atoms with Crippen LogP contribution in [0.3, 0.4) is 0 Å². The molecule has 0 radical (unpaired) electrons. The van der Waals surface area contributed by atoms with E-state index in [1.807, 2.05) is 35.9 Å². The number of hydrogen-bond donors (Lipinski definition) is 1. The Bertz CT molecular complexity index is 893. The number of rotatable bonds is 5. The lowest BCUT2D eigenvalue weighted by Gasteiger charge is -2.09. The van der Waals surface area contributed by atoms with Crippen molar-refractivity contribution in [2.45, 2.75) is 6.54 Å². The predicted molar refractivity (Wildman–Crippen MR) is 94.5 cm³/mol. The second kappa shape index (κ2) is 7.11. The van der Waals surface area contributed by atoms with E-state index in [0.29, 0.717) is 22.3 Å². The zero-order valence-corrected chi connectivity index (χ0v) is 14.4. The van der Waals surface area contributed by atoms with E-state index in [1.165, 1.54) is 0 Å². The summed E-state index contributed by atoms with van der Waals surface area (Å²) in [5.74, 6) is 0.932. The number of imidazole rings is 1. The SMILES string of the molecule is Cn1c(CNC(=O)COc2ccc(Cl)cc2Cl)nc2ccccc21. The van der Waals surface area contributed by atoms with E-state index in [4.69, 9.17) is 27.9 Å². The van der Waals surface area contributed by atoms with E-state index in [1.54, 1.807) is 18.2 Å². The zero-order chi connectivity index (χ0) is 17.1. The van der Waals surface area contributed by atoms with Crippen molar-refractivity contribution in [3.8, 4) is 5.75 Å². The molecule has 24 heavy (non-hydrogen) atoms. The van der Waals surface area contributed by atoms with Crippen LogP contribution < -0.4 is 10.1 Å². The molecule has 1 heterocycles. The van der Waals surface area contributed by atoms with E-state index in [2.05, 4.69) is 10.3 Å². The van der Waals surface area contributed by atoms with Crippen molar-refractivity contribution < 1.29 is 9.53 Å². The fourth-order valence-electron chi connectivity index (χ4n) is 2.32. The predicted octanol–water partition coefficient (Wildman–Crippen LogP) is 3.58. The first kappa shape index (κ1) is 16.6. The van der Waals surface area contributed by atoms with Gasteiger partial charge in [-0.1, -0.05) is 35.3 Å². The third-order valence-electron chi connectivity index (χ3n) is 3.58. The van der Waals surface area contributed by atoms with Crippen molar-refractivity contribution in [2.75, 3.05) is 6.61 Å². The smallest absolute Gasteiger partial charge is 0.258 e. The molecule has 3 aromatic rings. The van der Waals surface area contributed by atoms with Gasteiger partial charge in [-0.3, -0.25) is 4.79 Å². The zero-order valence-electron chi connectivity index (χ0n) is 12.9. The number of nitrogens with zero attached hydrogens (tertiary/aromatic N) is 2. The van der Waals surface area contributed by atoms with Crippen molar-refractivity contribution in [3.63, 3.8) is 0 Å². The summed E-state index contributed by atoms with van der Waals surface area (Å²) in [5.41, 5.74) is 1.92. The minimum Gasteiger partial charge on any atom is -0.482 e. The number of carbonyl (C=O) groups is 1. The molecule has 1 N–H and O–H groups in total. The van der Waals surface area contributed by atoms with Crippen LogP contribution in [0.15, 0.2) is 42.5 Å². The molecule has 0 spiro atoms. The molecular weight excluding hydrogens is 349 g/mol. The average molecular weight is 364 g/mol. The van der Waals surface area contributed by atoms with Gasteiger partial charge in [-0.2, -0.15) is 0 Å². The molecule has 1 amide bonds. The van der Waals surface area contributed by atoms with Crippen LogP contribution in [0.5, 0.6) is 5.75 Å². The Hall–Kier alpha value is -2.24. The molecule has 2 aromatic carbocycles. The topological polar surface area (TPSA) is 56.2 Å². The highest BCUT2D eigenvalue weighted by molar-refractivity contribution is 6.35. The van der Waals surface area contributed by atoms with E-state index in [-0.39, 0.29) is 12.5 Å². The second-order valence-corrected chi connectivity index (χ2v) is 6.06. The summed E-state index contributed by atoms with van der Waals surface area (Å²) < 4.78 is 7.35. The number of fused-ring (bicyclic) bond motifs is 1. The molecule has 0 saturated heterocycles. The summed E-state index contributed by atoms with van der Waals surface area (Å²) >= 11 is 11.8. The average Bonchev–Trinajstić information content (AvgIpc) is 2.89. The van der Waals surface area contributed by atoms with Crippen LogP contribution in [-0.4, -0.2) is 22.1 Å². The van der Waals surface area contributed by atoms with Gasteiger partial charge in [0.05, 0.1) is 22.6 Å².